The van der Waals surface area contributed by atoms with Crippen LogP contribution in [0.1, 0.15) is 51.3 Å². The topological polar surface area (TPSA) is 72.8 Å². The normalized spacial score (nSPS) is 10.7. The summed E-state index contributed by atoms with van der Waals surface area (Å²) in [6.07, 6.45) is 0.382. The Morgan fingerprint density at radius 3 is 1.72 bits per heavy atom. The Kier molecular flexibility index (Phi) is 6.17. The van der Waals surface area contributed by atoms with Crippen LogP contribution in [0.15, 0.2) is 48.5 Å². The third kappa shape index (κ3) is 4.24. The van der Waals surface area contributed by atoms with Gasteiger partial charge in [0.05, 0.1) is 24.3 Å². The highest BCUT2D eigenvalue weighted by molar-refractivity contribution is 6.10. The predicted octanol–water partition coefficient (Wildman–Crippen LogP) is 4.75. The smallest absolute Gasteiger partial charge is 0.339 e. The molecule has 0 aliphatic heterocycles. The second-order valence-corrected chi connectivity index (χ2v) is 6.75. The standard InChI is InChI=1S/C24H24O5/c1-4-28-23(26)21-18-12-10-17(25)11-13-19(18)22(24(27)29-5-2)20(21)14-16-8-6-15(3)7-9-16/h6-13,25H,4-5,14H2,1-3H3. The second kappa shape index (κ2) is 8.78. The van der Waals surface area contributed by atoms with Gasteiger partial charge in [0.1, 0.15) is 5.75 Å². The molecule has 0 saturated heterocycles. The molecule has 150 valence electrons. The van der Waals surface area contributed by atoms with Crippen molar-refractivity contribution in [1.29, 1.82) is 0 Å². The second-order valence-electron chi connectivity index (χ2n) is 6.75. The van der Waals surface area contributed by atoms with Crippen molar-refractivity contribution in [2.75, 3.05) is 13.2 Å². The van der Waals surface area contributed by atoms with E-state index in [2.05, 4.69) is 0 Å². The minimum absolute atomic E-state index is 0.0332. The largest absolute Gasteiger partial charge is 0.508 e. The van der Waals surface area contributed by atoms with Gasteiger partial charge in [-0.25, -0.2) is 9.59 Å². The van der Waals surface area contributed by atoms with E-state index < -0.39 is 11.9 Å². The highest BCUT2D eigenvalue weighted by Gasteiger charge is 2.31. The van der Waals surface area contributed by atoms with E-state index in [0.29, 0.717) is 34.2 Å². The Bertz CT molecular complexity index is 949. The molecule has 0 atom stereocenters. The Morgan fingerprint density at radius 2 is 1.28 bits per heavy atom. The van der Waals surface area contributed by atoms with Crippen LogP contribution in [0, 0.1) is 6.92 Å². The lowest BCUT2D eigenvalue weighted by Gasteiger charge is -2.09. The highest BCUT2D eigenvalue weighted by Crippen LogP contribution is 2.39. The third-order valence-electron chi connectivity index (χ3n) is 4.73. The van der Waals surface area contributed by atoms with Crippen molar-refractivity contribution < 1.29 is 24.2 Å². The molecule has 29 heavy (non-hydrogen) atoms. The van der Waals surface area contributed by atoms with Crippen molar-refractivity contribution in [2.24, 2.45) is 0 Å². The van der Waals surface area contributed by atoms with Gasteiger partial charge in [-0.05, 0) is 73.7 Å². The molecule has 0 radical (unpaired) electrons. The molecule has 0 bridgehead atoms. The molecule has 1 N–H and O–H groups in total. The number of benzene rings is 1. The summed E-state index contributed by atoms with van der Waals surface area (Å²) in [4.78, 5) is 25.7. The highest BCUT2D eigenvalue weighted by atomic mass is 16.5. The molecule has 5 heteroatoms. The fourth-order valence-electron chi connectivity index (χ4n) is 3.42. The fraction of sp³-hybridized carbons (Fsp3) is 0.250. The Balaban J connectivity index is 2.29. The Labute approximate surface area is 170 Å². The van der Waals surface area contributed by atoms with Gasteiger partial charge in [-0.3, -0.25) is 0 Å². The number of rotatable bonds is 6. The van der Waals surface area contributed by atoms with Crippen LogP contribution in [0.25, 0.3) is 11.1 Å². The summed E-state index contributed by atoms with van der Waals surface area (Å²) in [5.41, 5.74) is 4.44. The van der Waals surface area contributed by atoms with E-state index >= 15 is 0 Å². The average Bonchev–Trinajstić information content (AvgIpc) is 2.87. The van der Waals surface area contributed by atoms with Crippen LogP contribution in [0.4, 0.5) is 0 Å². The van der Waals surface area contributed by atoms with Crippen molar-refractivity contribution in [2.45, 2.75) is 27.2 Å². The molecule has 2 aliphatic carbocycles. The summed E-state index contributed by atoms with van der Waals surface area (Å²) in [6.45, 7) is 5.91. The summed E-state index contributed by atoms with van der Waals surface area (Å²) in [7, 11) is 0. The molecule has 0 amide bonds. The fourth-order valence-corrected chi connectivity index (χ4v) is 3.42. The lowest BCUT2D eigenvalue weighted by atomic mass is 9.99. The number of ether oxygens (including phenoxy) is 2. The maximum atomic E-state index is 12.9. The van der Waals surface area contributed by atoms with Gasteiger partial charge in [0.15, 0.2) is 0 Å². The number of aryl methyl sites for hydroxylation is 1. The maximum absolute atomic E-state index is 12.9. The monoisotopic (exact) mass is 392 g/mol. The number of hydrogen-bond donors (Lipinski definition) is 1. The number of hydrogen-bond acceptors (Lipinski definition) is 5. The lowest BCUT2D eigenvalue weighted by molar-refractivity contribution is 0.0525. The van der Waals surface area contributed by atoms with E-state index in [1.54, 1.807) is 26.0 Å². The van der Waals surface area contributed by atoms with E-state index in [1.165, 1.54) is 12.1 Å². The molecule has 0 unspecified atom stereocenters. The molecular weight excluding hydrogens is 368 g/mol. The van der Waals surface area contributed by atoms with Gasteiger partial charge in [0, 0.05) is 0 Å². The summed E-state index contributed by atoms with van der Waals surface area (Å²) in [5, 5.41) is 9.89. The first kappa shape index (κ1) is 20.4. The van der Waals surface area contributed by atoms with Crippen molar-refractivity contribution in [1.82, 2.24) is 0 Å². The van der Waals surface area contributed by atoms with Crippen LogP contribution in [-0.2, 0) is 15.9 Å². The number of aromatic hydroxyl groups is 1. The Morgan fingerprint density at radius 1 is 0.793 bits per heavy atom. The van der Waals surface area contributed by atoms with E-state index in [4.69, 9.17) is 9.47 Å². The maximum Gasteiger partial charge on any atom is 0.339 e. The van der Waals surface area contributed by atoms with Crippen LogP contribution < -0.4 is 0 Å². The van der Waals surface area contributed by atoms with Gasteiger partial charge >= 0.3 is 11.9 Å². The van der Waals surface area contributed by atoms with Gasteiger partial charge in [-0.1, -0.05) is 29.8 Å². The van der Waals surface area contributed by atoms with Gasteiger partial charge in [0.2, 0.25) is 0 Å². The molecule has 5 nitrogen and oxygen atoms in total. The van der Waals surface area contributed by atoms with Crippen LogP contribution in [0.3, 0.4) is 0 Å². The van der Waals surface area contributed by atoms with Gasteiger partial charge < -0.3 is 14.6 Å². The SMILES string of the molecule is CCOC(=O)c1c2ccc(O)ccc-2c(C(=O)OCC)c1Cc1ccc(C)cc1. The summed E-state index contributed by atoms with van der Waals surface area (Å²) >= 11 is 0. The van der Waals surface area contributed by atoms with E-state index in [-0.39, 0.29) is 19.0 Å². The zero-order valence-electron chi connectivity index (χ0n) is 16.8. The van der Waals surface area contributed by atoms with Gasteiger partial charge in [-0.15, -0.1) is 0 Å². The third-order valence-corrected chi connectivity index (χ3v) is 4.73. The first-order valence-corrected chi connectivity index (χ1v) is 9.63. The molecule has 1 aromatic rings. The minimum Gasteiger partial charge on any atom is -0.508 e. The molecule has 0 fully saturated rings. The summed E-state index contributed by atoms with van der Waals surface area (Å²) < 4.78 is 10.6. The summed E-state index contributed by atoms with van der Waals surface area (Å²) in [6, 6.07) is 14.2. The number of fused-ring (bicyclic) bond motifs is 1. The average molecular weight is 392 g/mol. The zero-order chi connectivity index (χ0) is 21.0. The molecule has 0 heterocycles. The lowest BCUT2D eigenvalue weighted by Crippen LogP contribution is -2.11. The molecular formula is C24H24O5. The van der Waals surface area contributed by atoms with Crippen LogP contribution in [-0.4, -0.2) is 30.3 Å². The van der Waals surface area contributed by atoms with E-state index in [1.807, 2.05) is 31.2 Å². The van der Waals surface area contributed by atoms with Crippen molar-refractivity contribution >= 4 is 11.9 Å². The number of esters is 2. The zero-order valence-corrected chi connectivity index (χ0v) is 16.8. The molecule has 0 saturated carbocycles. The van der Waals surface area contributed by atoms with Crippen LogP contribution in [0.2, 0.25) is 0 Å². The first-order chi connectivity index (χ1) is 14.0. The van der Waals surface area contributed by atoms with Crippen LogP contribution in [0.5, 0.6) is 5.75 Å². The van der Waals surface area contributed by atoms with Crippen molar-refractivity contribution in [3.8, 4) is 16.9 Å². The number of carbonyl (C=O) groups is 2. The Hall–Kier alpha value is -3.34. The molecule has 3 rings (SSSR count). The van der Waals surface area contributed by atoms with Gasteiger partial charge in [-0.2, -0.15) is 0 Å². The predicted molar refractivity (Wildman–Crippen MR) is 111 cm³/mol. The van der Waals surface area contributed by atoms with E-state index in [0.717, 1.165) is 11.1 Å². The number of carbonyl (C=O) groups excluding carboxylic acids is 2. The molecule has 2 aliphatic rings. The molecule has 0 aromatic heterocycles. The van der Waals surface area contributed by atoms with Crippen LogP contribution >= 0.6 is 0 Å². The first-order valence-electron chi connectivity index (χ1n) is 9.63. The van der Waals surface area contributed by atoms with Gasteiger partial charge in [0.25, 0.3) is 0 Å². The quantitative estimate of drug-likeness (QED) is 0.613. The van der Waals surface area contributed by atoms with Crippen molar-refractivity contribution in [3.63, 3.8) is 0 Å². The minimum atomic E-state index is -0.499. The molecule has 1 aromatic carbocycles. The van der Waals surface area contributed by atoms with E-state index in [9.17, 15) is 14.7 Å². The molecule has 0 spiro atoms. The van der Waals surface area contributed by atoms with Crippen molar-refractivity contribution in [3.05, 3.63) is 76.3 Å². The summed E-state index contributed by atoms with van der Waals surface area (Å²) in [5.74, 6) is -0.965.